The lowest BCUT2D eigenvalue weighted by Gasteiger charge is -2.15. The summed E-state index contributed by atoms with van der Waals surface area (Å²) in [6.07, 6.45) is 0.596. The summed E-state index contributed by atoms with van der Waals surface area (Å²) < 4.78 is 5.96. The third-order valence-corrected chi connectivity index (χ3v) is 5.14. The minimum absolute atomic E-state index is 0.273. The van der Waals surface area contributed by atoms with Gasteiger partial charge < -0.3 is 10.1 Å². The molecule has 0 saturated carbocycles. The van der Waals surface area contributed by atoms with Gasteiger partial charge in [-0.25, -0.2) is 0 Å². The van der Waals surface area contributed by atoms with Gasteiger partial charge in [-0.1, -0.05) is 45.8 Å². The SMILES string of the molecule is COCCCN1C(=O)C(Nc2cccc(Br)c2)=C(c2ccc(C)cc2C)C1=O. The molecule has 2 aromatic carbocycles. The van der Waals surface area contributed by atoms with Crippen LogP contribution in [0.25, 0.3) is 5.57 Å². The lowest BCUT2D eigenvalue weighted by atomic mass is 9.97. The second-order valence-electron chi connectivity index (χ2n) is 6.81. The van der Waals surface area contributed by atoms with Crippen molar-refractivity contribution in [3.8, 4) is 0 Å². The number of hydrogen-bond donors (Lipinski definition) is 1. The Hall–Kier alpha value is -2.44. The maximum Gasteiger partial charge on any atom is 0.278 e. The first-order valence-corrected chi connectivity index (χ1v) is 9.91. The third-order valence-electron chi connectivity index (χ3n) is 4.64. The van der Waals surface area contributed by atoms with Crippen molar-refractivity contribution in [1.82, 2.24) is 4.90 Å². The fourth-order valence-electron chi connectivity index (χ4n) is 3.32. The molecular formula is C22H23BrN2O3. The number of imide groups is 1. The number of halogens is 1. The van der Waals surface area contributed by atoms with Crippen molar-refractivity contribution in [2.75, 3.05) is 25.6 Å². The smallest absolute Gasteiger partial charge is 0.278 e. The molecule has 0 unspecified atom stereocenters. The van der Waals surface area contributed by atoms with Gasteiger partial charge in [0.05, 0.1) is 5.57 Å². The minimum Gasteiger partial charge on any atom is -0.385 e. The van der Waals surface area contributed by atoms with Crippen LogP contribution in [-0.2, 0) is 14.3 Å². The van der Waals surface area contributed by atoms with Crippen molar-refractivity contribution >= 4 is 39.0 Å². The molecular weight excluding hydrogens is 420 g/mol. The lowest BCUT2D eigenvalue weighted by Crippen LogP contribution is -2.34. The summed E-state index contributed by atoms with van der Waals surface area (Å²) in [7, 11) is 1.60. The first-order chi connectivity index (χ1) is 13.4. The normalized spacial score (nSPS) is 14.2. The van der Waals surface area contributed by atoms with E-state index in [4.69, 9.17) is 4.74 Å². The zero-order chi connectivity index (χ0) is 20.3. The molecule has 1 aliphatic heterocycles. The maximum absolute atomic E-state index is 13.2. The molecule has 0 atom stereocenters. The minimum atomic E-state index is -0.309. The Bertz CT molecular complexity index is 953. The Kier molecular flexibility index (Phi) is 6.31. The summed E-state index contributed by atoms with van der Waals surface area (Å²) in [5, 5.41) is 3.18. The Morgan fingerprint density at radius 1 is 1.07 bits per heavy atom. The Labute approximate surface area is 173 Å². The molecule has 0 aromatic heterocycles. The summed E-state index contributed by atoms with van der Waals surface area (Å²) in [6.45, 7) is 4.77. The van der Waals surface area contributed by atoms with Gasteiger partial charge >= 0.3 is 0 Å². The summed E-state index contributed by atoms with van der Waals surface area (Å²) in [5.41, 5.74) is 4.31. The van der Waals surface area contributed by atoms with Crippen LogP contribution in [0.1, 0.15) is 23.1 Å². The molecule has 1 heterocycles. The Balaban J connectivity index is 2.04. The van der Waals surface area contributed by atoms with Crippen LogP contribution in [0.15, 0.2) is 52.6 Å². The molecule has 0 saturated heterocycles. The van der Waals surface area contributed by atoms with E-state index < -0.39 is 0 Å². The molecule has 0 fully saturated rings. The quantitative estimate of drug-likeness (QED) is 0.512. The number of methoxy groups -OCH3 is 1. The van der Waals surface area contributed by atoms with Crippen molar-refractivity contribution in [2.45, 2.75) is 20.3 Å². The predicted molar refractivity (Wildman–Crippen MR) is 114 cm³/mol. The first-order valence-electron chi connectivity index (χ1n) is 9.12. The Morgan fingerprint density at radius 2 is 1.86 bits per heavy atom. The van der Waals surface area contributed by atoms with E-state index >= 15 is 0 Å². The monoisotopic (exact) mass is 442 g/mol. The van der Waals surface area contributed by atoms with Gasteiger partial charge in [-0.3, -0.25) is 14.5 Å². The number of carbonyl (C=O) groups excluding carboxylic acids is 2. The molecule has 3 rings (SSSR count). The lowest BCUT2D eigenvalue weighted by molar-refractivity contribution is -0.136. The zero-order valence-electron chi connectivity index (χ0n) is 16.2. The van der Waals surface area contributed by atoms with Crippen LogP contribution >= 0.6 is 15.9 Å². The number of nitrogens with one attached hydrogen (secondary N) is 1. The van der Waals surface area contributed by atoms with Crippen LogP contribution in [-0.4, -0.2) is 37.0 Å². The van der Waals surface area contributed by atoms with Crippen molar-refractivity contribution in [1.29, 1.82) is 0 Å². The van der Waals surface area contributed by atoms with E-state index in [1.807, 2.05) is 56.3 Å². The van der Waals surface area contributed by atoms with Gasteiger partial charge in [-0.2, -0.15) is 0 Å². The summed E-state index contributed by atoms with van der Waals surface area (Å²) in [6, 6.07) is 13.4. The van der Waals surface area contributed by atoms with Gasteiger partial charge in [0, 0.05) is 30.4 Å². The molecule has 0 bridgehead atoms. The van der Waals surface area contributed by atoms with Gasteiger partial charge in [0.2, 0.25) is 0 Å². The number of ether oxygens (including phenoxy) is 1. The van der Waals surface area contributed by atoms with Crippen molar-refractivity contribution in [3.63, 3.8) is 0 Å². The molecule has 1 N–H and O–H groups in total. The number of benzene rings is 2. The standard InChI is InChI=1S/C22H23BrN2O3/c1-14-8-9-18(15(2)12-14)19-20(24-17-7-4-6-16(23)13-17)22(27)25(21(19)26)10-5-11-28-3/h4,6-9,12-13,24H,5,10-11H2,1-3H3. The van der Waals surface area contributed by atoms with E-state index in [1.165, 1.54) is 4.90 Å². The number of rotatable bonds is 7. The molecule has 146 valence electrons. The van der Waals surface area contributed by atoms with Crippen LogP contribution in [0.2, 0.25) is 0 Å². The number of carbonyl (C=O) groups is 2. The van der Waals surface area contributed by atoms with E-state index in [1.54, 1.807) is 7.11 Å². The second-order valence-corrected chi connectivity index (χ2v) is 7.73. The second kappa shape index (κ2) is 8.71. The third kappa shape index (κ3) is 4.18. The van der Waals surface area contributed by atoms with Crippen molar-refractivity contribution < 1.29 is 14.3 Å². The van der Waals surface area contributed by atoms with Crippen LogP contribution in [0, 0.1) is 13.8 Å². The number of nitrogens with zero attached hydrogens (tertiary/aromatic N) is 1. The summed E-state index contributed by atoms with van der Waals surface area (Å²) in [5.74, 6) is -0.582. The fraction of sp³-hybridized carbons (Fsp3) is 0.273. The van der Waals surface area contributed by atoms with E-state index in [0.717, 1.165) is 26.9 Å². The van der Waals surface area contributed by atoms with E-state index in [0.29, 0.717) is 30.8 Å². The van der Waals surface area contributed by atoms with Crippen LogP contribution < -0.4 is 5.32 Å². The molecule has 2 aromatic rings. The fourth-order valence-corrected chi connectivity index (χ4v) is 3.72. The summed E-state index contributed by atoms with van der Waals surface area (Å²) >= 11 is 3.44. The average molecular weight is 443 g/mol. The Morgan fingerprint density at radius 3 is 2.54 bits per heavy atom. The molecule has 2 amide bonds. The van der Waals surface area contributed by atoms with E-state index in [9.17, 15) is 9.59 Å². The zero-order valence-corrected chi connectivity index (χ0v) is 17.8. The van der Waals surface area contributed by atoms with Gasteiger partial charge in [0.15, 0.2) is 0 Å². The topological polar surface area (TPSA) is 58.6 Å². The molecule has 0 aliphatic carbocycles. The number of hydrogen-bond acceptors (Lipinski definition) is 4. The maximum atomic E-state index is 13.2. The summed E-state index contributed by atoms with van der Waals surface area (Å²) in [4.78, 5) is 27.6. The average Bonchev–Trinajstić information content (AvgIpc) is 2.87. The molecule has 5 nitrogen and oxygen atoms in total. The van der Waals surface area contributed by atoms with Gasteiger partial charge in [-0.05, 0) is 49.6 Å². The first kappa shape index (κ1) is 20.3. The van der Waals surface area contributed by atoms with E-state index in [-0.39, 0.29) is 11.8 Å². The highest BCUT2D eigenvalue weighted by Crippen LogP contribution is 2.33. The van der Waals surface area contributed by atoms with E-state index in [2.05, 4.69) is 21.2 Å². The van der Waals surface area contributed by atoms with Gasteiger partial charge in [0.25, 0.3) is 11.8 Å². The molecule has 6 heteroatoms. The highest BCUT2D eigenvalue weighted by molar-refractivity contribution is 9.10. The number of amides is 2. The largest absolute Gasteiger partial charge is 0.385 e. The number of anilines is 1. The predicted octanol–water partition coefficient (Wildman–Crippen LogP) is 4.29. The van der Waals surface area contributed by atoms with Gasteiger partial charge in [0.1, 0.15) is 5.70 Å². The highest BCUT2D eigenvalue weighted by Gasteiger charge is 2.39. The molecule has 0 spiro atoms. The van der Waals surface area contributed by atoms with Crippen LogP contribution in [0.5, 0.6) is 0 Å². The number of aryl methyl sites for hydroxylation is 2. The van der Waals surface area contributed by atoms with Crippen molar-refractivity contribution in [3.05, 3.63) is 69.3 Å². The van der Waals surface area contributed by atoms with Crippen LogP contribution in [0.4, 0.5) is 5.69 Å². The molecule has 1 aliphatic rings. The van der Waals surface area contributed by atoms with Crippen LogP contribution in [0.3, 0.4) is 0 Å². The van der Waals surface area contributed by atoms with Gasteiger partial charge in [-0.15, -0.1) is 0 Å². The molecule has 0 radical (unpaired) electrons. The molecule has 28 heavy (non-hydrogen) atoms. The highest BCUT2D eigenvalue weighted by atomic mass is 79.9. The van der Waals surface area contributed by atoms with Crippen molar-refractivity contribution in [2.24, 2.45) is 0 Å².